The first-order valence-corrected chi connectivity index (χ1v) is 4.87. The third-order valence-corrected chi connectivity index (χ3v) is 2.42. The van der Waals surface area contributed by atoms with Crippen LogP contribution in [0.15, 0.2) is 0 Å². The molecule has 1 atom stereocenters. The molecule has 1 unspecified atom stereocenters. The van der Waals surface area contributed by atoms with Gasteiger partial charge in [-0.15, -0.1) is 0 Å². The van der Waals surface area contributed by atoms with Crippen LogP contribution in [0.5, 0.6) is 0 Å². The van der Waals surface area contributed by atoms with Gasteiger partial charge in [-0.2, -0.15) is 0 Å². The fourth-order valence-electron chi connectivity index (χ4n) is 1.45. The highest BCUT2D eigenvalue weighted by Gasteiger charge is 2.23. The second-order valence-corrected chi connectivity index (χ2v) is 5.25. The largest absolute Gasteiger partial charge is 0.308 e. The molecule has 1 N–H and O–H groups in total. The average molecular weight is 221 g/mol. The van der Waals surface area contributed by atoms with Crippen molar-refractivity contribution in [2.75, 3.05) is 13.1 Å². The van der Waals surface area contributed by atoms with Crippen molar-refractivity contribution < 1.29 is 0 Å². The molecule has 0 aromatic rings. The predicted octanol–water partition coefficient (Wildman–Crippen LogP) is 1.76. The van der Waals surface area contributed by atoms with Crippen molar-refractivity contribution in [2.24, 2.45) is 0 Å². The van der Waals surface area contributed by atoms with Gasteiger partial charge in [0.15, 0.2) is 0 Å². The van der Waals surface area contributed by atoms with Gasteiger partial charge in [-0.1, -0.05) is 0 Å². The highest BCUT2D eigenvalue weighted by atomic mass is 79.9. The van der Waals surface area contributed by atoms with E-state index >= 15 is 0 Å². The van der Waals surface area contributed by atoms with Crippen molar-refractivity contribution in [1.82, 2.24) is 9.24 Å². The number of halogens is 1. The van der Waals surface area contributed by atoms with Gasteiger partial charge >= 0.3 is 0 Å². The molecule has 1 aliphatic heterocycles. The van der Waals surface area contributed by atoms with Crippen molar-refractivity contribution in [3.05, 3.63) is 0 Å². The molecular formula is C8H17BrN2. The van der Waals surface area contributed by atoms with Crippen LogP contribution in [0.1, 0.15) is 27.2 Å². The summed E-state index contributed by atoms with van der Waals surface area (Å²) in [5.74, 6) is 0. The van der Waals surface area contributed by atoms with Crippen molar-refractivity contribution in [3.8, 4) is 0 Å². The minimum atomic E-state index is 0.253. The third kappa shape index (κ3) is 3.54. The van der Waals surface area contributed by atoms with E-state index in [1.165, 1.54) is 6.42 Å². The molecule has 0 spiro atoms. The van der Waals surface area contributed by atoms with Crippen LogP contribution < -0.4 is 5.32 Å². The monoisotopic (exact) mass is 220 g/mol. The molecule has 0 aliphatic carbocycles. The van der Waals surface area contributed by atoms with Gasteiger partial charge in [0.25, 0.3) is 0 Å². The van der Waals surface area contributed by atoms with Crippen molar-refractivity contribution in [2.45, 2.75) is 38.8 Å². The summed E-state index contributed by atoms with van der Waals surface area (Å²) in [5, 5.41) is 3.58. The van der Waals surface area contributed by atoms with Gasteiger partial charge in [-0.3, -0.25) is 0 Å². The minimum absolute atomic E-state index is 0.253. The number of hydrogen-bond acceptors (Lipinski definition) is 2. The third-order valence-electron chi connectivity index (χ3n) is 1.78. The summed E-state index contributed by atoms with van der Waals surface area (Å²) in [6.45, 7) is 8.92. The van der Waals surface area contributed by atoms with E-state index in [1.807, 2.05) is 0 Å². The maximum absolute atomic E-state index is 3.58. The summed E-state index contributed by atoms with van der Waals surface area (Å²) in [5.41, 5.74) is 0.253. The van der Waals surface area contributed by atoms with Crippen LogP contribution in [0, 0.1) is 0 Å². The Labute approximate surface area is 77.7 Å². The van der Waals surface area contributed by atoms with Crippen LogP contribution in [-0.2, 0) is 0 Å². The lowest BCUT2D eigenvalue weighted by molar-refractivity contribution is 0.365. The number of hydrogen-bond donors (Lipinski definition) is 1. The van der Waals surface area contributed by atoms with Gasteiger partial charge in [0, 0.05) is 40.8 Å². The van der Waals surface area contributed by atoms with Crippen molar-refractivity contribution >= 4 is 16.1 Å². The molecule has 3 heteroatoms. The number of nitrogens with one attached hydrogen (secondary N) is 1. The fraction of sp³-hybridized carbons (Fsp3) is 1.00. The van der Waals surface area contributed by atoms with Crippen LogP contribution in [0.25, 0.3) is 0 Å². The summed E-state index contributed by atoms with van der Waals surface area (Å²) < 4.78 is 2.19. The summed E-state index contributed by atoms with van der Waals surface area (Å²) in [7, 11) is 0. The first kappa shape index (κ1) is 9.49. The molecule has 66 valence electrons. The molecule has 1 saturated heterocycles. The highest BCUT2D eigenvalue weighted by Crippen LogP contribution is 2.15. The van der Waals surface area contributed by atoms with E-state index in [1.54, 1.807) is 0 Å². The zero-order chi connectivity index (χ0) is 8.48. The molecule has 11 heavy (non-hydrogen) atoms. The number of nitrogens with zero attached hydrogens (tertiary/aromatic N) is 1. The zero-order valence-corrected chi connectivity index (χ0v) is 9.11. The van der Waals surface area contributed by atoms with Gasteiger partial charge in [0.2, 0.25) is 0 Å². The summed E-state index contributed by atoms with van der Waals surface area (Å²) in [6, 6.07) is 0.661. The molecule has 0 saturated carbocycles. The summed E-state index contributed by atoms with van der Waals surface area (Å²) in [6.07, 6.45) is 1.25. The molecule has 1 fully saturated rings. The van der Waals surface area contributed by atoms with E-state index in [2.05, 4.69) is 46.2 Å². The SMILES string of the molecule is CC(C)(C)NC1CCN(Br)C1. The van der Waals surface area contributed by atoms with Crippen LogP contribution in [-0.4, -0.2) is 28.6 Å². The maximum atomic E-state index is 3.58. The Bertz CT molecular complexity index is 131. The van der Waals surface area contributed by atoms with Crippen LogP contribution in [0.4, 0.5) is 0 Å². The normalized spacial score (nSPS) is 27.8. The lowest BCUT2D eigenvalue weighted by Gasteiger charge is -2.25. The van der Waals surface area contributed by atoms with Gasteiger partial charge in [-0.05, 0) is 27.2 Å². The predicted molar refractivity (Wildman–Crippen MR) is 51.8 cm³/mol. The highest BCUT2D eigenvalue weighted by molar-refractivity contribution is 9.07. The fourth-order valence-corrected chi connectivity index (χ4v) is 2.00. The summed E-state index contributed by atoms with van der Waals surface area (Å²) >= 11 is 3.48. The lowest BCUT2D eigenvalue weighted by atomic mass is 10.1. The Morgan fingerprint density at radius 2 is 2.09 bits per heavy atom. The molecule has 0 radical (unpaired) electrons. The van der Waals surface area contributed by atoms with E-state index in [-0.39, 0.29) is 5.54 Å². The van der Waals surface area contributed by atoms with Gasteiger partial charge in [-0.25, -0.2) is 3.93 Å². The lowest BCUT2D eigenvalue weighted by Crippen LogP contribution is -2.44. The minimum Gasteiger partial charge on any atom is -0.308 e. The topological polar surface area (TPSA) is 15.3 Å². The summed E-state index contributed by atoms with van der Waals surface area (Å²) in [4.78, 5) is 0. The molecule has 0 aromatic heterocycles. The average Bonchev–Trinajstić information content (AvgIpc) is 2.10. The van der Waals surface area contributed by atoms with E-state index in [0.29, 0.717) is 6.04 Å². The van der Waals surface area contributed by atoms with Crippen LogP contribution in [0.3, 0.4) is 0 Å². The molecule has 2 nitrogen and oxygen atoms in total. The first-order chi connectivity index (χ1) is 4.97. The van der Waals surface area contributed by atoms with Gasteiger partial charge in [0.1, 0.15) is 0 Å². The maximum Gasteiger partial charge on any atom is 0.0247 e. The second kappa shape index (κ2) is 3.42. The van der Waals surface area contributed by atoms with Crippen molar-refractivity contribution in [1.29, 1.82) is 0 Å². The molecule has 1 rings (SSSR count). The van der Waals surface area contributed by atoms with Crippen LogP contribution >= 0.6 is 16.1 Å². The van der Waals surface area contributed by atoms with Crippen molar-refractivity contribution in [3.63, 3.8) is 0 Å². The standard InChI is InChI=1S/C8H17BrN2/c1-8(2,3)10-7-4-5-11(9)6-7/h7,10H,4-6H2,1-3H3. The van der Waals surface area contributed by atoms with E-state index in [9.17, 15) is 0 Å². The van der Waals surface area contributed by atoms with E-state index in [4.69, 9.17) is 0 Å². The Morgan fingerprint density at radius 1 is 1.45 bits per heavy atom. The molecule has 0 bridgehead atoms. The molecular weight excluding hydrogens is 204 g/mol. The van der Waals surface area contributed by atoms with E-state index < -0.39 is 0 Å². The Morgan fingerprint density at radius 3 is 2.45 bits per heavy atom. The first-order valence-electron chi connectivity index (χ1n) is 4.16. The molecule has 0 aromatic carbocycles. The Hall–Kier alpha value is 0.400. The molecule has 1 heterocycles. The smallest absolute Gasteiger partial charge is 0.0247 e. The quantitative estimate of drug-likeness (QED) is 0.679. The van der Waals surface area contributed by atoms with Gasteiger partial charge < -0.3 is 5.32 Å². The molecule has 0 amide bonds. The van der Waals surface area contributed by atoms with Crippen LogP contribution in [0.2, 0.25) is 0 Å². The zero-order valence-electron chi connectivity index (χ0n) is 7.52. The van der Waals surface area contributed by atoms with Gasteiger partial charge in [0.05, 0.1) is 0 Å². The Balaban J connectivity index is 2.29. The molecule has 1 aliphatic rings. The number of rotatable bonds is 1. The Kier molecular flexibility index (Phi) is 2.95. The van der Waals surface area contributed by atoms with E-state index in [0.717, 1.165) is 13.1 Å². The second-order valence-electron chi connectivity index (χ2n) is 4.25.